The van der Waals surface area contributed by atoms with Crippen molar-refractivity contribution in [2.75, 3.05) is 23.7 Å². The van der Waals surface area contributed by atoms with Gasteiger partial charge in [0.05, 0.1) is 17.5 Å². The van der Waals surface area contributed by atoms with Crippen LogP contribution in [0.1, 0.15) is 38.2 Å². The van der Waals surface area contributed by atoms with E-state index in [2.05, 4.69) is 4.72 Å². The Bertz CT molecular complexity index is 614. The highest BCUT2D eigenvalue weighted by Gasteiger charge is 2.20. The van der Waals surface area contributed by atoms with E-state index in [1.54, 1.807) is 12.1 Å². The maximum Gasteiger partial charge on any atom is 0.211 e. The van der Waals surface area contributed by atoms with Crippen molar-refractivity contribution >= 4 is 15.7 Å². The van der Waals surface area contributed by atoms with E-state index in [9.17, 15) is 17.9 Å². The number of halogens is 1. The van der Waals surface area contributed by atoms with Gasteiger partial charge in [-0.2, -0.15) is 0 Å². The third-order valence-electron chi connectivity index (χ3n) is 4.08. The number of benzene rings is 1. The zero-order valence-electron chi connectivity index (χ0n) is 13.5. The van der Waals surface area contributed by atoms with Crippen molar-refractivity contribution in [3.8, 4) is 0 Å². The van der Waals surface area contributed by atoms with Crippen LogP contribution in [0.5, 0.6) is 0 Å². The number of nitrogens with zero attached hydrogens (tertiary/aromatic N) is 1. The molecule has 1 saturated heterocycles. The first-order valence-corrected chi connectivity index (χ1v) is 9.75. The maximum atomic E-state index is 14.3. The molecule has 2 N–H and O–H groups in total. The minimum atomic E-state index is -3.30. The average Bonchev–Trinajstić information content (AvgIpc) is 2.52. The molecular weight excluding hydrogens is 319 g/mol. The molecule has 1 heterocycles. The number of nitrogens with one attached hydrogen (secondary N) is 1. The molecule has 0 amide bonds. The summed E-state index contributed by atoms with van der Waals surface area (Å²) in [6.45, 7) is 3.29. The molecule has 0 unspecified atom stereocenters. The van der Waals surface area contributed by atoms with Crippen LogP contribution in [-0.4, -0.2) is 38.5 Å². The molecule has 130 valence electrons. The molecular formula is C16H25FN2O3S. The van der Waals surface area contributed by atoms with Gasteiger partial charge in [-0.3, -0.25) is 0 Å². The minimum absolute atomic E-state index is 0.0974. The predicted molar refractivity (Wildman–Crippen MR) is 89.4 cm³/mol. The Morgan fingerprint density at radius 3 is 2.65 bits per heavy atom. The molecule has 0 saturated carbocycles. The highest BCUT2D eigenvalue weighted by Crippen LogP contribution is 2.24. The van der Waals surface area contributed by atoms with Crippen molar-refractivity contribution in [3.63, 3.8) is 0 Å². The molecule has 0 bridgehead atoms. The van der Waals surface area contributed by atoms with E-state index in [1.165, 1.54) is 6.07 Å². The zero-order chi connectivity index (χ0) is 16.9. The predicted octanol–water partition coefficient (Wildman–Crippen LogP) is 2.01. The Labute approximate surface area is 137 Å². The second-order valence-electron chi connectivity index (χ2n) is 6.00. The molecule has 1 fully saturated rings. The summed E-state index contributed by atoms with van der Waals surface area (Å²) in [7, 11) is -3.30. The molecule has 0 spiro atoms. The third kappa shape index (κ3) is 5.44. The highest BCUT2D eigenvalue weighted by atomic mass is 32.2. The van der Waals surface area contributed by atoms with Crippen molar-refractivity contribution < 1.29 is 17.9 Å². The first kappa shape index (κ1) is 18.2. The normalized spacial score (nSPS) is 16.7. The molecule has 1 aromatic rings. The van der Waals surface area contributed by atoms with Gasteiger partial charge in [0.25, 0.3) is 0 Å². The fraction of sp³-hybridized carbons (Fsp3) is 0.625. The number of unbranched alkanes of at least 4 members (excludes halogenated alkanes) is 1. The lowest BCUT2D eigenvalue weighted by Gasteiger charge is -2.31. The fourth-order valence-corrected chi connectivity index (χ4v) is 3.82. The second kappa shape index (κ2) is 8.08. The molecule has 0 aliphatic carbocycles. The number of aliphatic hydroxyl groups excluding tert-OH is 1. The van der Waals surface area contributed by atoms with E-state index in [-0.39, 0.29) is 24.2 Å². The number of rotatable bonds is 7. The number of piperidine rings is 1. The summed E-state index contributed by atoms with van der Waals surface area (Å²) in [5.41, 5.74) is 1.11. The van der Waals surface area contributed by atoms with Gasteiger partial charge in [-0.25, -0.2) is 17.5 Å². The van der Waals surface area contributed by atoms with Gasteiger partial charge in [0.2, 0.25) is 10.0 Å². The zero-order valence-corrected chi connectivity index (χ0v) is 14.3. The van der Waals surface area contributed by atoms with Gasteiger partial charge in [0.1, 0.15) is 5.82 Å². The Morgan fingerprint density at radius 2 is 2.04 bits per heavy atom. The first-order valence-electron chi connectivity index (χ1n) is 8.10. The van der Waals surface area contributed by atoms with Crippen LogP contribution < -0.4 is 9.62 Å². The van der Waals surface area contributed by atoms with Crippen LogP contribution in [0, 0.1) is 5.82 Å². The highest BCUT2D eigenvalue weighted by molar-refractivity contribution is 7.89. The van der Waals surface area contributed by atoms with E-state index in [0.29, 0.717) is 43.6 Å². The van der Waals surface area contributed by atoms with Gasteiger partial charge in [0, 0.05) is 19.6 Å². The fourth-order valence-electron chi connectivity index (χ4n) is 2.62. The summed E-state index contributed by atoms with van der Waals surface area (Å²) < 4.78 is 40.3. The number of hydrogen-bond acceptors (Lipinski definition) is 4. The standard InChI is InChI=1S/C16H25FN2O3S/c1-2-3-10-23(21,22)18-12-13-4-5-16(15(17)11-13)19-8-6-14(20)7-9-19/h4-5,11,14,18,20H,2-3,6-10,12H2,1H3. The van der Waals surface area contributed by atoms with Crippen LogP contribution in [0.4, 0.5) is 10.1 Å². The molecule has 1 aliphatic rings. The number of hydrogen-bond donors (Lipinski definition) is 2. The van der Waals surface area contributed by atoms with Gasteiger partial charge in [0.15, 0.2) is 0 Å². The molecule has 2 rings (SSSR count). The summed E-state index contributed by atoms with van der Waals surface area (Å²) in [5, 5.41) is 9.51. The molecule has 7 heteroatoms. The SMILES string of the molecule is CCCCS(=O)(=O)NCc1ccc(N2CCC(O)CC2)c(F)c1. The average molecular weight is 344 g/mol. The monoisotopic (exact) mass is 344 g/mol. The summed E-state index contributed by atoms with van der Waals surface area (Å²) in [4.78, 5) is 1.91. The van der Waals surface area contributed by atoms with Crippen LogP contribution in [0.25, 0.3) is 0 Å². The molecule has 23 heavy (non-hydrogen) atoms. The minimum Gasteiger partial charge on any atom is -0.393 e. The quantitative estimate of drug-likeness (QED) is 0.794. The molecule has 1 aliphatic heterocycles. The molecule has 1 aromatic carbocycles. The van der Waals surface area contributed by atoms with Crippen LogP contribution >= 0.6 is 0 Å². The molecule has 5 nitrogen and oxygen atoms in total. The Morgan fingerprint density at radius 1 is 1.35 bits per heavy atom. The topological polar surface area (TPSA) is 69.6 Å². The van der Waals surface area contributed by atoms with Gasteiger partial charge < -0.3 is 10.0 Å². The summed E-state index contributed by atoms with van der Waals surface area (Å²) in [6.07, 6.45) is 2.40. The van der Waals surface area contributed by atoms with Gasteiger partial charge in [-0.15, -0.1) is 0 Å². The van der Waals surface area contributed by atoms with E-state index < -0.39 is 10.0 Å². The number of aliphatic hydroxyl groups is 1. The van der Waals surface area contributed by atoms with Crippen molar-refractivity contribution in [1.29, 1.82) is 0 Å². The van der Waals surface area contributed by atoms with Crippen molar-refractivity contribution in [3.05, 3.63) is 29.6 Å². The lowest BCUT2D eigenvalue weighted by atomic mass is 10.1. The second-order valence-corrected chi connectivity index (χ2v) is 7.92. The van der Waals surface area contributed by atoms with E-state index in [1.807, 2.05) is 11.8 Å². The van der Waals surface area contributed by atoms with Crippen molar-refractivity contribution in [1.82, 2.24) is 4.72 Å². The lowest BCUT2D eigenvalue weighted by molar-refractivity contribution is 0.145. The Balaban J connectivity index is 1.96. The van der Waals surface area contributed by atoms with Gasteiger partial charge >= 0.3 is 0 Å². The van der Waals surface area contributed by atoms with E-state index >= 15 is 0 Å². The summed E-state index contributed by atoms with van der Waals surface area (Å²) in [5.74, 6) is -0.258. The number of anilines is 1. The lowest BCUT2D eigenvalue weighted by Crippen LogP contribution is -2.36. The van der Waals surface area contributed by atoms with Crippen LogP contribution in [-0.2, 0) is 16.6 Å². The summed E-state index contributed by atoms with van der Waals surface area (Å²) >= 11 is 0. The van der Waals surface area contributed by atoms with Crippen LogP contribution in [0.3, 0.4) is 0 Å². The third-order valence-corrected chi connectivity index (χ3v) is 5.49. The van der Waals surface area contributed by atoms with Gasteiger partial charge in [-0.05, 0) is 37.0 Å². The van der Waals surface area contributed by atoms with Crippen LogP contribution in [0.2, 0.25) is 0 Å². The first-order chi connectivity index (χ1) is 10.9. The molecule has 0 aromatic heterocycles. The van der Waals surface area contributed by atoms with E-state index in [4.69, 9.17) is 0 Å². The Hall–Kier alpha value is -1.18. The Kier molecular flexibility index (Phi) is 6.38. The number of sulfonamides is 1. The van der Waals surface area contributed by atoms with Crippen LogP contribution in [0.15, 0.2) is 18.2 Å². The largest absolute Gasteiger partial charge is 0.393 e. The maximum absolute atomic E-state index is 14.3. The van der Waals surface area contributed by atoms with Gasteiger partial charge in [-0.1, -0.05) is 19.4 Å². The summed E-state index contributed by atoms with van der Waals surface area (Å²) in [6, 6.07) is 4.80. The van der Waals surface area contributed by atoms with Crippen molar-refractivity contribution in [2.24, 2.45) is 0 Å². The molecule has 0 radical (unpaired) electrons. The smallest absolute Gasteiger partial charge is 0.211 e. The van der Waals surface area contributed by atoms with E-state index in [0.717, 1.165) is 6.42 Å². The van der Waals surface area contributed by atoms with Crippen molar-refractivity contribution in [2.45, 2.75) is 45.3 Å². The molecule has 0 atom stereocenters.